The van der Waals surface area contributed by atoms with E-state index in [9.17, 15) is 4.79 Å². The Bertz CT molecular complexity index is 919. The molecule has 0 saturated heterocycles. The second kappa shape index (κ2) is 6.90. The lowest BCUT2D eigenvalue weighted by atomic mass is 10.1. The molecule has 1 N–H and O–H groups in total. The monoisotopic (exact) mass is 368 g/mol. The fraction of sp³-hybridized carbons (Fsp3) is 0.158. The second-order valence-electron chi connectivity index (χ2n) is 5.49. The van der Waals surface area contributed by atoms with Gasteiger partial charge in [-0.05, 0) is 42.2 Å². The minimum atomic E-state index is -0.145. The molecule has 1 aliphatic rings. The molecule has 2 aromatic carbocycles. The van der Waals surface area contributed by atoms with Crippen LogP contribution in [0.3, 0.4) is 0 Å². The maximum atomic E-state index is 12.5. The van der Waals surface area contributed by atoms with Gasteiger partial charge < -0.3 is 4.74 Å². The molecule has 0 unspecified atom stereocenters. The highest BCUT2D eigenvalue weighted by atomic mass is 32.2. The van der Waals surface area contributed by atoms with Crippen molar-refractivity contribution in [3.8, 4) is 17.0 Å². The molecule has 4 nitrogen and oxygen atoms in total. The van der Waals surface area contributed by atoms with Crippen molar-refractivity contribution in [2.45, 2.75) is 18.4 Å². The number of para-hydroxylation sites is 1. The minimum Gasteiger partial charge on any atom is -0.487 e. The number of hydrogen-bond donors (Lipinski definition) is 1. The van der Waals surface area contributed by atoms with E-state index in [1.54, 1.807) is 11.8 Å². The van der Waals surface area contributed by atoms with Crippen LogP contribution in [-0.2, 0) is 6.61 Å². The molecule has 0 aliphatic carbocycles. The summed E-state index contributed by atoms with van der Waals surface area (Å²) in [5, 5.41) is 3.50. The molecular formula is C19H16N2O2S2. The zero-order chi connectivity index (χ0) is 17.2. The fourth-order valence-electron chi connectivity index (χ4n) is 2.68. The largest absolute Gasteiger partial charge is 0.487 e. The van der Waals surface area contributed by atoms with Gasteiger partial charge in [0, 0.05) is 16.0 Å². The average molecular weight is 368 g/mol. The number of aromatic nitrogens is 1. The third-order valence-corrected chi connectivity index (χ3v) is 5.68. The number of amides is 1. The van der Waals surface area contributed by atoms with E-state index in [0.717, 1.165) is 32.5 Å². The molecule has 1 aromatic heterocycles. The number of anilines is 1. The molecule has 6 heteroatoms. The molecule has 1 amide bonds. The van der Waals surface area contributed by atoms with Crippen molar-refractivity contribution in [1.29, 1.82) is 0 Å². The Morgan fingerprint density at radius 1 is 1.24 bits per heavy atom. The minimum absolute atomic E-state index is 0.145. The normalized spacial score (nSPS) is 12.0. The van der Waals surface area contributed by atoms with Crippen LogP contribution >= 0.6 is 23.1 Å². The van der Waals surface area contributed by atoms with E-state index in [4.69, 9.17) is 4.74 Å². The Hall–Kier alpha value is -2.31. The standard InChI is InChI=1S/C19H16N2O2S2/c1-2-24-13-9-7-12(8-10-13)18(22)21-19-20-17-14-5-3-4-6-15(14)23-11-16(17)25-19/h3-10H,2,11H2,1H3,(H,20,21,22). The van der Waals surface area contributed by atoms with Crippen molar-refractivity contribution in [2.24, 2.45) is 0 Å². The summed E-state index contributed by atoms with van der Waals surface area (Å²) in [6.07, 6.45) is 0. The van der Waals surface area contributed by atoms with E-state index in [1.165, 1.54) is 11.3 Å². The van der Waals surface area contributed by atoms with Crippen molar-refractivity contribution in [3.63, 3.8) is 0 Å². The average Bonchev–Trinajstić information content (AvgIpc) is 3.05. The molecular weight excluding hydrogens is 352 g/mol. The molecule has 0 spiro atoms. The Kier molecular flexibility index (Phi) is 4.46. The van der Waals surface area contributed by atoms with Crippen molar-refractivity contribution in [1.82, 2.24) is 4.98 Å². The summed E-state index contributed by atoms with van der Waals surface area (Å²) in [7, 11) is 0. The van der Waals surface area contributed by atoms with Gasteiger partial charge in [0.2, 0.25) is 0 Å². The Balaban J connectivity index is 1.54. The fourth-order valence-corrected chi connectivity index (χ4v) is 4.23. The van der Waals surface area contributed by atoms with E-state index in [1.807, 2.05) is 48.5 Å². The molecule has 4 rings (SSSR count). The summed E-state index contributed by atoms with van der Waals surface area (Å²) in [5.41, 5.74) is 2.50. The van der Waals surface area contributed by atoms with Crippen LogP contribution in [0, 0.1) is 0 Å². The van der Waals surface area contributed by atoms with Crippen LogP contribution in [0.1, 0.15) is 22.2 Å². The number of ether oxygens (including phenoxy) is 1. The third-order valence-electron chi connectivity index (χ3n) is 3.85. The number of thiazole rings is 1. The number of benzene rings is 2. The van der Waals surface area contributed by atoms with Crippen molar-refractivity contribution >= 4 is 34.1 Å². The molecule has 25 heavy (non-hydrogen) atoms. The van der Waals surface area contributed by atoms with Gasteiger partial charge in [0.1, 0.15) is 12.4 Å². The van der Waals surface area contributed by atoms with Gasteiger partial charge in [-0.2, -0.15) is 0 Å². The van der Waals surface area contributed by atoms with Gasteiger partial charge in [0.05, 0.1) is 10.6 Å². The molecule has 1 aliphatic heterocycles. The summed E-state index contributed by atoms with van der Waals surface area (Å²) in [5.74, 6) is 1.70. The first-order chi connectivity index (χ1) is 12.2. The number of rotatable bonds is 4. The Morgan fingerprint density at radius 3 is 2.84 bits per heavy atom. The number of nitrogens with zero attached hydrogens (tertiary/aromatic N) is 1. The zero-order valence-corrected chi connectivity index (χ0v) is 15.2. The van der Waals surface area contributed by atoms with Crippen LogP contribution in [0.2, 0.25) is 0 Å². The molecule has 0 bridgehead atoms. The van der Waals surface area contributed by atoms with Gasteiger partial charge >= 0.3 is 0 Å². The van der Waals surface area contributed by atoms with E-state index < -0.39 is 0 Å². The lowest BCUT2D eigenvalue weighted by molar-refractivity contribution is 0.102. The SMILES string of the molecule is CCSc1ccc(C(=O)Nc2nc3c(s2)COc2ccccc2-3)cc1. The number of carbonyl (C=O) groups is 1. The Labute approximate surface area is 154 Å². The van der Waals surface area contributed by atoms with E-state index in [0.29, 0.717) is 17.3 Å². The summed E-state index contributed by atoms with van der Waals surface area (Å²) in [6.45, 7) is 2.60. The number of thioether (sulfide) groups is 1. The summed E-state index contributed by atoms with van der Waals surface area (Å²) in [6, 6.07) is 15.5. The first-order valence-electron chi connectivity index (χ1n) is 8.00. The van der Waals surface area contributed by atoms with Gasteiger partial charge in [0.15, 0.2) is 5.13 Å². The highest BCUT2D eigenvalue weighted by molar-refractivity contribution is 7.99. The van der Waals surface area contributed by atoms with Gasteiger partial charge in [-0.1, -0.05) is 30.4 Å². The quantitative estimate of drug-likeness (QED) is 0.654. The van der Waals surface area contributed by atoms with Crippen LogP contribution in [0.15, 0.2) is 53.4 Å². The van der Waals surface area contributed by atoms with Gasteiger partial charge in [-0.15, -0.1) is 11.8 Å². The number of fused-ring (bicyclic) bond motifs is 3. The smallest absolute Gasteiger partial charge is 0.257 e. The van der Waals surface area contributed by atoms with Crippen LogP contribution in [0.25, 0.3) is 11.3 Å². The second-order valence-corrected chi connectivity index (χ2v) is 7.91. The predicted molar refractivity (Wildman–Crippen MR) is 103 cm³/mol. The van der Waals surface area contributed by atoms with Gasteiger partial charge in [0.25, 0.3) is 5.91 Å². The van der Waals surface area contributed by atoms with E-state index >= 15 is 0 Å². The van der Waals surface area contributed by atoms with Crippen LogP contribution < -0.4 is 10.1 Å². The maximum absolute atomic E-state index is 12.5. The summed E-state index contributed by atoms with van der Waals surface area (Å²) >= 11 is 3.22. The van der Waals surface area contributed by atoms with Crippen molar-refractivity contribution in [2.75, 3.05) is 11.1 Å². The lowest BCUT2D eigenvalue weighted by Crippen LogP contribution is -2.11. The molecule has 0 radical (unpaired) electrons. The maximum Gasteiger partial charge on any atom is 0.257 e. The molecule has 126 valence electrons. The number of carbonyl (C=O) groups excluding carboxylic acids is 1. The van der Waals surface area contributed by atoms with Crippen LogP contribution in [-0.4, -0.2) is 16.6 Å². The predicted octanol–water partition coefficient (Wildman–Crippen LogP) is 5.07. The summed E-state index contributed by atoms with van der Waals surface area (Å²) in [4.78, 5) is 19.3. The lowest BCUT2D eigenvalue weighted by Gasteiger charge is -2.15. The first-order valence-corrected chi connectivity index (χ1v) is 9.81. The molecule has 3 aromatic rings. The van der Waals surface area contributed by atoms with E-state index in [-0.39, 0.29) is 5.91 Å². The molecule has 2 heterocycles. The number of nitrogens with one attached hydrogen (secondary N) is 1. The number of hydrogen-bond acceptors (Lipinski definition) is 5. The zero-order valence-electron chi connectivity index (χ0n) is 13.6. The van der Waals surface area contributed by atoms with Gasteiger partial charge in [-0.3, -0.25) is 10.1 Å². The molecule has 0 fully saturated rings. The van der Waals surface area contributed by atoms with Crippen LogP contribution in [0.5, 0.6) is 5.75 Å². The molecule has 0 saturated carbocycles. The third kappa shape index (κ3) is 3.27. The Morgan fingerprint density at radius 2 is 2.04 bits per heavy atom. The molecule has 0 atom stereocenters. The first kappa shape index (κ1) is 16.2. The summed E-state index contributed by atoms with van der Waals surface area (Å²) < 4.78 is 5.74. The van der Waals surface area contributed by atoms with Crippen molar-refractivity contribution in [3.05, 3.63) is 59.0 Å². The highest BCUT2D eigenvalue weighted by Crippen LogP contribution is 2.40. The topological polar surface area (TPSA) is 51.2 Å². The highest BCUT2D eigenvalue weighted by Gasteiger charge is 2.22. The van der Waals surface area contributed by atoms with Gasteiger partial charge in [-0.25, -0.2) is 4.98 Å². The van der Waals surface area contributed by atoms with E-state index in [2.05, 4.69) is 17.2 Å². The van der Waals surface area contributed by atoms with Crippen LogP contribution in [0.4, 0.5) is 5.13 Å². The van der Waals surface area contributed by atoms with Crippen molar-refractivity contribution < 1.29 is 9.53 Å².